The van der Waals surface area contributed by atoms with Crippen molar-refractivity contribution in [2.24, 2.45) is 0 Å². The van der Waals surface area contributed by atoms with Crippen LogP contribution in [0.5, 0.6) is 0 Å². The minimum absolute atomic E-state index is 0.0985. The van der Waals surface area contributed by atoms with E-state index in [4.69, 9.17) is 4.74 Å². The highest BCUT2D eigenvalue weighted by Gasteiger charge is 2.14. The molecule has 0 saturated carbocycles. The average molecular weight is 248 g/mol. The Bertz CT molecular complexity index is 401. The van der Waals surface area contributed by atoms with Crippen molar-refractivity contribution < 1.29 is 9.53 Å². The fraction of sp³-hybridized carbons (Fsp3) is 0.500. The zero-order valence-corrected chi connectivity index (χ0v) is 10.7. The molecular weight excluding hydrogens is 228 g/mol. The quantitative estimate of drug-likeness (QED) is 0.834. The fourth-order valence-electron chi connectivity index (χ4n) is 2.11. The molecule has 2 N–H and O–H groups in total. The van der Waals surface area contributed by atoms with Crippen LogP contribution in [0.1, 0.15) is 18.4 Å². The van der Waals surface area contributed by atoms with Crippen LogP contribution in [0.2, 0.25) is 0 Å². The minimum Gasteiger partial charge on any atom is -0.370 e. The van der Waals surface area contributed by atoms with E-state index in [1.807, 2.05) is 31.2 Å². The molecule has 0 unspecified atom stereocenters. The predicted octanol–water partition coefficient (Wildman–Crippen LogP) is 1.70. The van der Waals surface area contributed by atoms with Gasteiger partial charge < -0.3 is 15.4 Å². The SMILES string of the molecule is Cc1cccc(NC(=O)COC[C@@H]2CCCN2)c1. The highest BCUT2D eigenvalue weighted by molar-refractivity contribution is 5.91. The number of nitrogens with one attached hydrogen (secondary N) is 2. The Balaban J connectivity index is 1.68. The first-order valence-electron chi connectivity index (χ1n) is 6.42. The lowest BCUT2D eigenvalue weighted by atomic mass is 10.2. The molecule has 1 fully saturated rings. The van der Waals surface area contributed by atoms with Gasteiger partial charge in [0, 0.05) is 11.7 Å². The zero-order chi connectivity index (χ0) is 12.8. The molecular formula is C14H20N2O2. The first-order chi connectivity index (χ1) is 8.74. The third kappa shape index (κ3) is 4.13. The van der Waals surface area contributed by atoms with E-state index in [2.05, 4.69) is 10.6 Å². The van der Waals surface area contributed by atoms with Gasteiger partial charge in [-0.15, -0.1) is 0 Å². The Kier molecular flexibility index (Phi) is 4.73. The molecule has 1 aromatic rings. The van der Waals surface area contributed by atoms with Crippen molar-refractivity contribution in [3.63, 3.8) is 0 Å². The van der Waals surface area contributed by atoms with Crippen molar-refractivity contribution in [2.75, 3.05) is 25.1 Å². The molecule has 1 saturated heterocycles. The van der Waals surface area contributed by atoms with Crippen LogP contribution in [0.25, 0.3) is 0 Å². The monoisotopic (exact) mass is 248 g/mol. The van der Waals surface area contributed by atoms with Crippen molar-refractivity contribution in [2.45, 2.75) is 25.8 Å². The summed E-state index contributed by atoms with van der Waals surface area (Å²) in [5.74, 6) is -0.0985. The molecule has 1 aliphatic rings. The number of hydrogen-bond acceptors (Lipinski definition) is 3. The molecule has 0 radical (unpaired) electrons. The van der Waals surface area contributed by atoms with Crippen LogP contribution in [0.4, 0.5) is 5.69 Å². The normalized spacial score (nSPS) is 18.8. The smallest absolute Gasteiger partial charge is 0.250 e. The zero-order valence-electron chi connectivity index (χ0n) is 10.7. The maximum atomic E-state index is 11.6. The van der Waals surface area contributed by atoms with E-state index < -0.39 is 0 Å². The molecule has 0 bridgehead atoms. The number of rotatable bonds is 5. The number of carbonyl (C=O) groups excluding carboxylic acids is 1. The molecule has 0 spiro atoms. The number of carbonyl (C=O) groups is 1. The third-order valence-electron chi connectivity index (χ3n) is 3.02. The second-order valence-corrected chi connectivity index (χ2v) is 4.73. The summed E-state index contributed by atoms with van der Waals surface area (Å²) in [4.78, 5) is 11.6. The van der Waals surface area contributed by atoms with E-state index in [9.17, 15) is 4.79 Å². The molecule has 4 nitrogen and oxygen atoms in total. The molecule has 2 rings (SSSR count). The van der Waals surface area contributed by atoms with E-state index in [1.54, 1.807) is 0 Å². The van der Waals surface area contributed by atoms with Crippen molar-refractivity contribution in [1.29, 1.82) is 0 Å². The molecule has 1 heterocycles. The predicted molar refractivity (Wildman–Crippen MR) is 71.7 cm³/mol. The van der Waals surface area contributed by atoms with Gasteiger partial charge in [-0.25, -0.2) is 0 Å². The van der Waals surface area contributed by atoms with Crippen LogP contribution < -0.4 is 10.6 Å². The van der Waals surface area contributed by atoms with Gasteiger partial charge in [-0.1, -0.05) is 12.1 Å². The second-order valence-electron chi connectivity index (χ2n) is 4.73. The van der Waals surface area contributed by atoms with E-state index in [-0.39, 0.29) is 12.5 Å². The molecule has 0 aromatic heterocycles. The Morgan fingerprint density at radius 1 is 1.56 bits per heavy atom. The maximum absolute atomic E-state index is 11.6. The van der Waals surface area contributed by atoms with Gasteiger partial charge in [0.25, 0.3) is 0 Å². The highest BCUT2D eigenvalue weighted by Crippen LogP contribution is 2.09. The highest BCUT2D eigenvalue weighted by atomic mass is 16.5. The van der Waals surface area contributed by atoms with Crippen molar-refractivity contribution in [1.82, 2.24) is 5.32 Å². The first kappa shape index (κ1) is 13.1. The summed E-state index contributed by atoms with van der Waals surface area (Å²) in [5.41, 5.74) is 1.95. The van der Waals surface area contributed by atoms with Gasteiger partial charge in [0.1, 0.15) is 6.61 Å². The summed E-state index contributed by atoms with van der Waals surface area (Å²) in [6, 6.07) is 8.16. The Hall–Kier alpha value is -1.39. The lowest BCUT2D eigenvalue weighted by Gasteiger charge is -2.11. The Morgan fingerprint density at radius 2 is 2.44 bits per heavy atom. The van der Waals surface area contributed by atoms with E-state index in [0.29, 0.717) is 12.6 Å². The van der Waals surface area contributed by atoms with Crippen LogP contribution in [0.15, 0.2) is 24.3 Å². The largest absolute Gasteiger partial charge is 0.370 e. The van der Waals surface area contributed by atoms with Crippen LogP contribution in [-0.4, -0.2) is 31.7 Å². The number of aryl methyl sites for hydroxylation is 1. The number of anilines is 1. The van der Waals surface area contributed by atoms with E-state index >= 15 is 0 Å². The van der Waals surface area contributed by atoms with Crippen molar-refractivity contribution in [3.05, 3.63) is 29.8 Å². The second kappa shape index (κ2) is 6.52. The van der Waals surface area contributed by atoms with Crippen molar-refractivity contribution >= 4 is 11.6 Å². The van der Waals surface area contributed by atoms with Gasteiger partial charge in [-0.2, -0.15) is 0 Å². The van der Waals surface area contributed by atoms with Gasteiger partial charge >= 0.3 is 0 Å². The molecule has 1 atom stereocenters. The van der Waals surface area contributed by atoms with E-state index in [1.165, 1.54) is 6.42 Å². The number of hydrogen-bond donors (Lipinski definition) is 2. The lowest BCUT2D eigenvalue weighted by Crippen LogP contribution is -2.29. The summed E-state index contributed by atoms with van der Waals surface area (Å²) in [5, 5.41) is 6.15. The summed E-state index contributed by atoms with van der Waals surface area (Å²) in [6.07, 6.45) is 2.34. The summed E-state index contributed by atoms with van der Waals surface area (Å²) in [6.45, 7) is 3.79. The molecule has 4 heteroatoms. The number of amides is 1. The van der Waals surface area contributed by atoms with Gasteiger partial charge in [-0.05, 0) is 44.0 Å². The average Bonchev–Trinajstić information content (AvgIpc) is 2.82. The molecule has 0 aliphatic carbocycles. The molecule has 98 valence electrons. The maximum Gasteiger partial charge on any atom is 0.250 e. The van der Waals surface area contributed by atoms with Gasteiger partial charge in [0.05, 0.1) is 6.61 Å². The van der Waals surface area contributed by atoms with Crippen LogP contribution in [-0.2, 0) is 9.53 Å². The molecule has 1 aromatic carbocycles. The third-order valence-corrected chi connectivity index (χ3v) is 3.02. The van der Waals surface area contributed by atoms with Gasteiger partial charge in [0.15, 0.2) is 0 Å². The summed E-state index contributed by atoms with van der Waals surface area (Å²) >= 11 is 0. The number of ether oxygens (including phenoxy) is 1. The standard InChI is InChI=1S/C14H20N2O2/c1-11-4-2-5-12(8-11)16-14(17)10-18-9-13-6-3-7-15-13/h2,4-5,8,13,15H,3,6-7,9-10H2,1H3,(H,16,17)/t13-/m0/s1. The van der Waals surface area contributed by atoms with Gasteiger partial charge in [0.2, 0.25) is 5.91 Å². The topological polar surface area (TPSA) is 50.4 Å². The van der Waals surface area contributed by atoms with Crippen LogP contribution in [0.3, 0.4) is 0 Å². The molecule has 1 aliphatic heterocycles. The molecule has 1 amide bonds. The van der Waals surface area contributed by atoms with E-state index in [0.717, 1.165) is 24.2 Å². The fourth-order valence-corrected chi connectivity index (χ4v) is 2.11. The van der Waals surface area contributed by atoms with Crippen LogP contribution in [0, 0.1) is 6.92 Å². The van der Waals surface area contributed by atoms with Gasteiger partial charge in [-0.3, -0.25) is 4.79 Å². The van der Waals surface area contributed by atoms with Crippen LogP contribution >= 0.6 is 0 Å². The molecule has 18 heavy (non-hydrogen) atoms. The lowest BCUT2D eigenvalue weighted by molar-refractivity contribution is -0.120. The number of benzene rings is 1. The Morgan fingerprint density at radius 3 is 3.17 bits per heavy atom. The summed E-state index contributed by atoms with van der Waals surface area (Å²) in [7, 11) is 0. The Labute approximate surface area is 108 Å². The van der Waals surface area contributed by atoms with Crippen molar-refractivity contribution in [3.8, 4) is 0 Å². The first-order valence-corrected chi connectivity index (χ1v) is 6.42. The minimum atomic E-state index is -0.0985. The summed E-state index contributed by atoms with van der Waals surface area (Å²) < 4.78 is 5.41.